The molecular weight excluding hydrogens is 102 g/mol. The van der Waals surface area contributed by atoms with E-state index in [0.717, 1.165) is 19.7 Å². The summed E-state index contributed by atoms with van der Waals surface area (Å²) in [4.78, 5) is 0. The van der Waals surface area contributed by atoms with Gasteiger partial charge in [-0.05, 0) is 13.8 Å². The monoisotopic (exact) mass is 115 g/mol. The molecule has 0 unspecified atom stereocenters. The lowest BCUT2D eigenvalue weighted by atomic mass is 10.0. The maximum Gasteiger partial charge on any atom is 0.0901 e. The van der Waals surface area contributed by atoms with Gasteiger partial charge in [-0.1, -0.05) is 0 Å². The summed E-state index contributed by atoms with van der Waals surface area (Å²) in [5.74, 6) is 0. The van der Waals surface area contributed by atoms with Crippen LogP contribution in [0.1, 0.15) is 13.8 Å². The molecule has 0 saturated carbocycles. The van der Waals surface area contributed by atoms with E-state index in [1.807, 2.05) is 6.92 Å². The van der Waals surface area contributed by atoms with Gasteiger partial charge < -0.3 is 10.1 Å². The summed E-state index contributed by atoms with van der Waals surface area (Å²) in [5.41, 5.74) is 0.161. The summed E-state index contributed by atoms with van der Waals surface area (Å²) < 4.78 is 5.40. The van der Waals surface area contributed by atoms with Crippen molar-refractivity contribution in [1.29, 1.82) is 0 Å². The number of rotatable bonds is 2. The quantitative estimate of drug-likeness (QED) is 0.562. The van der Waals surface area contributed by atoms with Crippen molar-refractivity contribution >= 4 is 0 Å². The van der Waals surface area contributed by atoms with Crippen molar-refractivity contribution in [3.05, 3.63) is 0 Å². The van der Waals surface area contributed by atoms with Gasteiger partial charge in [0, 0.05) is 19.7 Å². The van der Waals surface area contributed by atoms with Crippen LogP contribution in [-0.2, 0) is 4.74 Å². The molecule has 0 radical (unpaired) electrons. The minimum Gasteiger partial charge on any atom is -0.373 e. The lowest BCUT2D eigenvalue weighted by molar-refractivity contribution is -0.0607. The SMILES string of the molecule is CCOC1(C)CNC1. The van der Waals surface area contributed by atoms with Crippen molar-refractivity contribution < 1.29 is 4.74 Å². The molecule has 48 valence electrons. The maximum absolute atomic E-state index is 5.40. The Morgan fingerprint density at radius 1 is 1.62 bits per heavy atom. The van der Waals surface area contributed by atoms with Crippen LogP contribution in [0.4, 0.5) is 0 Å². The Bertz CT molecular complexity index is 78.6. The number of nitrogens with one attached hydrogen (secondary N) is 1. The van der Waals surface area contributed by atoms with Crippen LogP contribution < -0.4 is 5.32 Å². The van der Waals surface area contributed by atoms with Gasteiger partial charge in [0.2, 0.25) is 0 Å². The highest BCUT2D eigenvalue weighted by Crippen LogP contribution is 2.13. The van der Waals surface area contributed by atoms with Crippen LogP contribution in [0.25, 0.3) is 0 Å². The molecule has 1 heterocycles. The minimum absolute atomic E-state index is 0.161. The van der Waals surface area contributed by atoms with Gasteiger partial charge in [-0.15, -0.1) is 0 Å². The normalized spacial score (nSPS) is 24.8. The van der Waals surface area contributed by atoms with Crippen LogP contribution in [0.2, 0.25) is 0 Å². The summed E-state index contributed by atoms with van der Waals surface area (Å²) in [7, 11) is 0. The van der Waals surface area contributed by atoms with E-state index >= 15 is 0 Å². The number of ether oxygens (including phenoxy) is 1. The smallest absolute Gasteiger partial charge is 0.0901 e. The van der Waals surface area contributed by atoms with Crippen molar-refractivity contribution in [1.82, 2.24) is 5.32 Å². The average Bonchev–Trinajstić information content (AvgIpc) is 1.64. The van der Waals surface area contributed by atoms with Crippen molar-refractivity contribution in [2.75, 3.05) is 19.7 Å². The molecule has 1 saturated heterocycles. The Morgan fingerprint density at radius 3 is 2.38 bits per heavy atom. The first-order valence-electron chi connectivity index (χ1n) is 3.11. The summed E-state index contributed by atoms with van der Waals surface area (Å²) in [5, 5.41) is 3.16. The summed E-state index contributed by atoms with van der Waals surface area (Å²) in [6, 6.07) is 0. The van der Waals surface area contributed by atoms with E-state index < -0.39 is 0 Å². The van der Waals surface area contributed by atoms with Gasteiger partial charge in [-0.3, -0.25) is 0 Å². The van der Waals surface area contributed by atoms with Gasteiger partial charge in [0.25, 0.3) is 0 Å². The molecule has 0 aliphatic carbocycles. The van der Waals surface area contributed by atoms with Crippen LogP contribution >= 0.6 is 0 Å². The second kappa shape index (κ2) is 2.03. The standard InChI is InChI=1S/C6H13NO/c1-3-8-6(2)4-7-5-6/h7H,3-5H2,1-2H3. The molecule has 1 fully saturated rings. The average molecular weight is 115 g/mol. The Labute approximate surface area is 50.2 Å². The Morgan fingerprint density at radius 2 is 2.25 bits per heavy atom. The molecule has 0 spiro atoms. The van der Waals surface area contributed by atoms with Gasteiger partial charge in [0.05, 0.1) is 5.60 Å². The van der Waals surface area contributed by atoms with Crippen molar-refractivity contribution in [3.8, 4) is 0 Å². The molecule has 0 atom stereocenters. The topological polar surface area (TPSA) is 21.3 Å². The van der Waals surface area contributed by atoms with E-state index in [0.29, 0.717) is 0 Å². The molecule has 0 aromatic rings. The van der Waals surface area contributed by atoms with E-state index in [1.165, 1.54) is 0 Å². The molecule has 2 heteroatoms. The summed E-state index contributed by atoms with van der Waals surface area (Å²) >= 11 is 0. The Hall–Kier alpha value is -0.0800. The first kappa shape index (κ1) is 6.05. The fourth-order valence-electron chi connectivity index (χ4n) is 0.928. The van der Waals surface area contributed by atoms with Crippen LogP contribution in [0.15, 0.2) is 0 Å². The molecular formula is C6H13NO. The van der Waals surface area contributed by atoms with E-state index in [9.17, 15) is 0 Å². The van der Waals surface area contributed by atoms with Crippen molar-refractivity contribution in [2.45, 2.75) is 19.4 Å². The van der Waals surface area contributed by atoms with E-state index in [4.69, 9.17) is 4.74 Å². The van der Waals surface area contributed by atoms with Gasteiger partial charge in [0.15, 0.2) is 0 Å². The molecule has 0 bridgehead atoms. The molecule has 1 aliphatic heterocycles. The number of hydrogen-bond acceptors (Lipinski definition) is 2. The fourth-order valence-corrected chi connectivity index (χ4v) is 0.928. The summed E-state index contributed by atoms with van der Waals surface area (Å²) in [6.07, 6.45) is 0. The second-order valence-corrected chi connectivity index (χ2v) is 2.49. The van der Waals surface area contributed by atoms with Gasteiger partial charge in [0.1, 0.15) is 0 Å². The first-order chi connectivity index (χ1) is 3.77. The lowest BCUT2D eigenvalue weighted by Gasteiger charge is -2.38. The Kier molecular flexibility index (Phi) is 1.54. The van der Waals surface area contributed by atoms with Crippen molar-refractivity contribution in [3.63, 3.8) is 0 Å². The van der Waals surface area contributed by atoms with Crippen LogP contribution in [-0.4, -0.2) is 25.3 Å². The zero-order chi connectivity index (χ0) is 6.04. The van der Waals surface area contributed by atoms with Gasteiger partial charge >= 0.3 is 0 Å². The molecule has 1 rings (SSSR count). The summed E-state index contributed by atoms with van der Waals surface area (Å²) in [6.45, 7) is 7.02. The highest BCUT2D eigenvalue weighted by Gasteiger charge is 2.31. The molecule has 0 aromatic heterocycles. The van der Waals surface area contributed by atoms with E-state index in [-0.39, 0.29) is 5.60 Å². The van der Waals surface area contributed by atoms with E-state index in [2.05, 4.69) is 12.2 Å². The predicted molar refractivity (Wildman–Crippen MR) is 32.9 cm³/mol. The third-order valence-corrected chi connectivity index (χ3v) is 1.49. The van der Waals surface area contributed by atoms with Crippen LogP contribution in [0, 0.1) is 0 Å². The Balaban J connectivity index is 2.20. The van der Waals surface area contributed by atoms with Crippen LogP contribution in [0.5, 0.6) is 0 Å². The van der Waals surface area contributed by atoms with E-state index in [1.54, 1.807) is 0 Å². The highest BCUT2D eigenvalue weighted by molar-refractivity contribution is 4.89. The molecule has 1 aliphatic rings. The predicted octanol–water partition coefficient (Wildman–Crippen LogP) is 0.385. The van der Waals surface area contributed by atoms with Crippen molar-refractivity contribution in [2.24, 2.45) is 0 Å². The highest BCUT2D eigenvalue weighted by atomic mass is 16.5. The van der Waals surface area contributed by atoms with Gasteiger partial charge in [-0.2, -0.15) is 0 Å². The number of hydrogen-bond donors (Lipinski definition) is 1. The zero-order valence-electron chi connectivity index (χ0n) is 5.53. The zero-order valence-corrected chi connectivity index (χ0v) is 5.53. The molecule has 8 heavy (non-hydrogen) atoms. The largest absolute Gasteiger partial charge is 0.373 e. The third-order valence-electron chi connectivity index (χ3n) is 1.49. The lowest BCUT2D eigenvalue weighted by Crippen LogP contribution is -2.58. The van der Waals surface area contributed by atoms with Gasteiger partial charge in [-0.25, -0.2) is 0 Å². The third kappa shape index (κ3) is 1.01. The molecule has 0 amide bonds. The van der Waals surface area contributed by atoms with Crippen LogP contribution in [0.3, 0.4) is 0 Å². The second-order valence-electron chi connectivity index (χ2n) is 2.49. The molecule has 1 N–H and O–H groups in total. The molecule has 2 nitrogen and oxygen atoms in total. The maximum atomic E-state index is 5.40. The first-order valence-corrected chi connectivity index (χ1v) is 3.11. The fraction of sp³-hybridized carbons (Fsp3) is 1.00. The minimum atomic E-state index is 0.161. The molecule has 0 aromatic carbocycles.